The third-order valence-electron chi connectivity index (χ3n) is 5.66. The molecule has 1 amide bonds. The number of aryl methyl sites for hydroxylation is 1. The predicted molar refractivity (Wildman–Crippen MR) is 120 cm³/mol. The van der Waals surface area contributed by atoms with E-state index in [0.717, 1.165) is 23.0 Å². The number of sulfonamides is 1. The second-order valence-electron chi connectivity index (χ2n) is 8.47. The maximum Gasteiger partial charge on any atom is 0.454 e. The summed E-state index contributed by atoms with van der Waals surface area (Å²) in [5.74, 6) is -3.06. The highest BCUT2D eigenvalue weighted by Crippen LogP contribution is 2.44. The third-order valence-corrected chi connectivity index (χ3v) is 7.84. The predicted octanol–water partition coefficient (Wildman–Crippen LogP) is 4.47. The van der Waals surface area contributed by atoms with Gasteiger partial charge in [-0.3, -0.25) is 18.7 Å². The molecule has 1 aromatic heterocycles. The summed E-state index contributed by atoms with van der Waals surface area (Å²) in [6.45, 7) is 1.59. The lowest BCUT2D eigenvalue weighted by molar-refractivity contribution is -0.178. The van der Waals surface area contributed by atoms with Crippen LogP contribution in [-0.4, -0.2) is 65.7 Å². The van der Waals surface area contributed by atoms with Gasteiger partial charge in [-0.1, -0.05) is 11.6 Å². The number of ketones is 1. The molecule has 1 aliphatic heterocycles. The van der Waals surface area contributed by atoms with Crippen molar-refractivity contribution in [1.82, 2.24) is 9.78 Å². The van der Waals surface area contributed by atoms with E-state index in [4.69, 9.17) is 16.3 Å². The van der Waals surface area contributed by atoms with Crippen LogP contribution in [0.3, 0.4) is 0 Å². The van der Waals surface area contributed by atoms with E-state index < -0.39 is 79.6 Å². The van der Waals surface area contributed by atoms with Crippen LogP contribution < -0.4 is 13.9 Å². The van der Waals surface area contributed by atoms with Gasteiger partial charge in [-0.2, -0.15) is 31.4 Å². The Bertz CT molecular complexity index is 1370. The number of carbonyl (C=O) groups is 2. The van der Waals surface area contributed by atoms with Crippen molar-refractivity contribution >= 4 is 44.9 Å². The molecule has 2 heterocycles. The average molecular weight is 593 g/mol. The zero-order chi connectivity index (χ0) is 29.0. The topological polar surface area (TPSA) is 122 Å². The lowest BCUT2D eigenvalue weighted by Crippen LogP contribution is -2.57. The number of hydrogen-bond donors (Lipinski definition) is 1. The molecule has 38 heavy (non-hydrogen) atoms. The Morgan fingerprint density at radius 1 is 1.21 bits per heavy atom. The number of anilines is 2. The van der Waals surface area contributed by atoms with Crippen LogP contribution >= 0.6 is 11.6 Å². The molecular formula is C20H19ClF6N4O6S. The van der Waals surface area contributed by atoms with Gasteiger partial charge in [0.25, 0.3) is 15.8 Å². The van der Waals surface area contributed by atoms with E-state index in [9.17, 15) is 49.5 Å². The zero-order valence-electron chi connectivity index (χ0n) is 19.6. The van der Waals surface area contributed by atoms with E-state index in [1.165, 1.54) is 0 Å². The van der Waals surface area contributed by atoms with Crippen molar-refractivity contribution in [3.05, 3.63) is 29.5 Å². The lowest BCUT2D eigenvalue weighted by atomic mass is 10.0. The first kappa shape index (κ1) is 29.3. The number of benzene rings is 1. The largest absolute Gasteiger partial charge is 0.478 e. The van der Waals surface area contributed by atoms with Crippen LogP contribution in [0.4, 0.5) is 42.5 Å². The van der Waals surface area contributed by atoms with Crippen molar-refractivity contribution in [2.45, 2.75) is 56.2 Å². The van der Waals surface area contributed by atoms with Gasteiger partial charge < -0.3 is 9.84 Å². The molecule has 1 aromatic carbocycles. The Morgan fingerprint density at radius 3 is 2.29 bits per heavy atom. The van der Waals surface area contributed by atoms with E-state index in [1.807, 2.05) is 0 Å². The molecule has 0 aliphatic carbocycles. The number of amides is 1. The van der Waals surface area contributed by atoms with E-state index >= 15 is 0 Å². The van der Waals surface area contributed by atoms with Crippen LogP contribution in [0.2, 0.25) is 5.15 Å². The first-order chi connectivity index (χ1) is 17.2. The number of Topliss-reactive ketones (excluding diaryl/α,β-unsaturated/α-hetero) is 1. The molecular weight excluding hydrogens is 574 g/mol. The fourth-order valence-electron chi connectivity index (χ4n) is 3.56. The Labute approximate surface area is 216 Å². The van der Waals surface area contributed by atoms with Gasteiger partial charge in [0.2, 0.25) is 0 Å². The molecule has 1 atom stereocenters. The van der Waals surface area contributed by atoms with Crippen LogP contribution in [-0.2, 0) is 21.4 Å². The minimum absolute atomic E-state index is 0.0902. The van der Waals surface area contributed by atoms with Crippen molar-refractivity contribution < 1.29 is 54.2 Å². The molecule has 0 spiro atoms. The van der Waals surface area contributed by atoms with E-state index in [-0.39, 0.29) is 15.7 Å². The summed E-state index contributed by atoms with van der Waals surface area (Å²) < 4.78 is 114. The maximum atomic E-state index is 13.7. The van der Waals surface area contributed by atoms with Crippen LogP contribution in [0.15, 0.2) is 29.3 Å². The highest BCUT2D eigenvalue weighted by atomic mass is 35.5. The summed E-state index contributed by atoms with van der Waals surface area (Å²) in [6.07, 6.45) is -14.0. The van der Waals surface area contributed by atoms with Gasteiger partial charge in [0.05, 0.1) is 17.9 Å². The Kier molecular flexibility index (Phi) is 7.35. The summed E-state index contributed by atoms with van der Waals surface area (Å²) in [7, 11) is -4.90. The second kappa shape index (κ2) is 9.52. The molecule has 0 radical (unpaired) electrons. The van der Waals surface area contributed by atoms with Crippen molar-refractivity contribution in [3.63, 3.8) is 0 Å². The number of halogens is 7. The molecule has 3 rings (SSSR count). The third kappa shape index (κ3) is 5.08. The first-order valence-corrected chi connectivity index (χ1v) is 12.3. The van der Waals surface area contributed by atoms with Crippen LogP contribution in [0.5, 0.6) is 5.75 Å². The molecule has 1 N–H and O–H groups in total. The van der Waals surface area contributed by atoms with Gasteiger partial charge in [-0.25, -0.2) is 13.2 Å². The molecule has 0 bridgehead atoms. The smallest absolute Gasteiger partial charge is 0.454 e. The average Bonchev–Trinajstić information content (AvgIpc) is 3.17. The minimum Gasteiger partial charge on any atom is -0.478 e. The van der Waals surface area contributed by atoms with Crippen LogP contribution in [0.25, 0.3) is 0 Å². The monoisotopic (exact) mass is 592 g/mol. The molecule has 10 nitrogen and oxygen atoms in total. The summed E-state index contributed by atoms with van der Waals surface area (Å²) in [4.78, 5) is 23.0. The fraction of sp³-hybridized carbons (Fsp3) is 0.450. The van der Waals surface area contributed by atoms with Crippen LogP contribution in [0, 0.1) is 0 Å². The number of alkyl halides is 6. The molecule has 0 unspecified atom stereocenters. The van der Waals surface area contributed by atoms with Gasteiger partial charge in [-0.05, 0) is 39.0 Å². The number of carboxylic acid groups (broad SMARTS) is 1. The number of aromatic nitrogens is 2. The van der Waals surface area contributed by atoms with Crippen molar-refractivity contribution in [2.24, 2.45) is 0 Å². The Hall–Kier alpha value is -3.21. The number of ether oxygens (including phenoxy) is 1. The second-order valence-corrected chi connectivity index (χ2v) is 10.7. The summed E-state index contributed by atoms with van der Waals surface area (Å²) in [5.41, 5.74) is -4.33. The molecule has 18 heteroatoms. The SMILES string of the molecule is CCn1cc(S(=O)(=O)N2C[C@@H](C(=O)C(F)(F)F)Oc3ccc(N(C(=O)O)C(C)(C)C(F)(F)F)cc32)c(Cl)n1. The van der Waals surface area contributed by atoms with Gasteiger partial charge in [0, 0.05) is 12.7 Å². The number of fused-ring (bicyclic) bond motifs is 1. The highest BCUT2D eigenvalue weighted by molar-refractivity contribution is 7.93. The first-order valence-electron chi connectivity index (χ1n) is 10.5. The standard InChI is InChI=1S/C20H19ClF6N4O6S/c1-4-29-9-14(16(21)28-29)38(35,36)30-8-13(15(32)19(22,23)24)37-12-6-5-10(7-11(12)30)31(17(33)34)18(2,3)20(25,26)27/h5-7,9,13H,4,8H2,1-3H3,(H,33,34)/t13-/m0/s1. The van der Waals surface area contributed by atoms with Gasteiger partial charge in [-0.15, -0.1) is 0 Å². The number of carbonyl (C=O) groups excluding carboxylic acids is 1. The lowest BCUT2D eigenvalue weighted by Gasteiger charge is -2.39. The molecule has 0 fully saturated rings. The molecule has 0 saturated heterocycles. The van der Waals surface area contributed by atoms with Crippen LogP contribution in [0.1, 0.15) is 20.8 Å². The normalized spacial score (nSPS) is 16.6. The molecule has 1 aliphatic rings. The van der Waals surface area contributed by atoms with Gasteiger partial charge >= 0.3 is 18.4 Å². The Balaban J connectivity index is 2.25. The quantitative estimate of drug-likeness (QED) is 0.491. The molecule has 2 aromatic rings. The fourth-order valence-corrected chi connectivity index (χ4v) is 5.48. The Morgan fingerprint density at radius 2 is 1.82 bits per heavy atom. The van der Waals surface area contributed by atoms with E-state index in [1.54, 1.807) is 6.92 Å². The number of rotatable bonds is 6. The van der Waals surface area contributed by atoms with Gasteiger partial charge in [0.15, 0.2) is 11.3 Å². The summed E-state index contributed by atoms with van der Waals surface area (Å²) in [6, 6.07) is 2.22. The highest BCUT2D eigenvalue weighted by Gasteiger charge is 2.54. The van der Waals surface area contributed by atoms with Crippen molar-refractivity contribution in [2.75, 3.05) is 15.7 Å². The van der Waals surface area contributed by atoms with Crippen molar-refractivity contribution in [3.8, 4) is 5.75 Å². The van der Waals surface area contributed by atoms with E-state index in [0.29, 0.717) is 19.9 Å². The summed E-state index contributed by atoms with van der Waals surface area (Å²) in [5, 5.41) is 12.8. The zero-order valence-corrected chi connectivity index (χ0v) is 21.2. The number of nitrogens with zero attached hydrogens (tertiary/aromatic N) is 4. The van der Waals surface area contributed by atoms with E-state index in [2.05, 4.69) is 5.10 Å². The maximum absolute atomic E-state index is 13.7. The molecule has 210 valence electrons. The molecule has 0 saturated carbocycles. The number of hydrogen-bond acceptors (Lipinski definition) is 6. The minimum atomic E-state index is -5.42. The van der Waals surface area contributed by atoms with Gasteiger partial charge in [0.1, 0.15) is 16.2 Å². The van der Waals surface area contributed by atoms with Crippen molar-refractivity contribution in [1.29, 1.82) is 0 Å². The summed E-state index contributed by atoms with van der Waals surface area (Å²) >= 11 is 5.93.